The Morgan fingerprint density at radius 3 is 2.79 bits per heavy atom. The number of para-hydroxylation sites is 1. The van der Waals surface area contributed by atoms with Gasteiger partial charge in [0.2, 0.25) is 5.88 Å². The first kappa shape index (κ1) is 13.5. The standard InChI is InChI=1S/C15H17FN2O/c1-3-17-10-12-8-11(2)18-15(9-12)19-14-7-5-4-6-13(14)16/h4-9,17H,3,10H2,1-2H3. The van der Waals surface area contributed by atoms with Crippen LogP contribution in [0.5, 0.6) is 11.6 Å². The number of hydrogen-bond donors (Lipinski definition) is 1. The average molecular weight is 260 g/mol. The van der Waals surface area contributed by atoms with E-state index in [4.69, 9.17) is 4.74 Å². The van der Waals surface area contributed by atoms with Crippen LogP contribution in [0, 0.1) is 12.7 Å². The van der Waals surface area contributed by atoms with Gasteiger partial charge >= 0.3 is 0 Å². The van der Waals surface area contributed by atoms with E-state index >= 15 is 0 Å². The van der Waals surface area contributed by atoms with Crippen LogP contribution in [0.4, 0.5) is 4.39 Å². The molecule has 1 aromatic carbocycles. The number of halogens is 1. The molecule has 19 heavy (non-hydrogen) atoms. The molecule has 0 amide bonds. The Morgan fingerprint density at radius 2 is 2.05 bits per heavy atom. The van der Waals surface area contributed by atoms with Crippen LogP contribution in [-0.4, -0.2) is 11.5 Å². The van der Waals surface area contributed by atoms with E-state index < -0.39 is 0 Å². The van der Waals surface area contributed by atoms with Gasteiger partial charge in [0.1, 0.15) is 0 Å². The van der Waals surface area contributed by atoms with Crippen molar-refractivity contribution in [2.24, 2.45) is 0 Å². The minimum Gasteiger partial charge on any atom is -0.436 e. The van der Waals surface area contributed by atoms with Crippen molar-refractivity contribution in [1.29, 1.82) is 0 Å². The molecule has 0 saturated heterocycles. The third kappa shape index (κ3) is 3.76. The molecule has 4 heteroatoms. The zero-order chi connectivity index (χ0) is 13.7. The van der Waals surface area contributed by atoms with Crippen LogP contribution in [0.2, 0.25) is 0 Å². The summed E-state index contributed by atoms with van der Waals surface area (Å²) in [7, 11) is 0. The normalized spacial score (nSPS) is 10.5. The largest absolute Gasteiger partial charge is 0.436 e. The molecule has 0 atom stereocenters. The summed E-state index contributed by atoms with van der Waals surface area (Å²) in [4.78, 5) is 4.26. The highest BCUT2D eigenvalue weighted by atomic mass is 19.1. The summed E-state index contributed by atoms with van der Waals surface area (Å²) < 4.78 is 19.0. The molecular formula is C15H17FN2O. The van der Waals surface area contributed by atoms with Crippen molar-refractivity contribution in [3.05, 3.63) is 53.5 Å². The van der Waals surface area contributed by atoms with Crippen LogP contribution in [0.15, 0.2) is 36.4 Å². The zero-order valence-electron chi connectivity index (χ0n) is 11.1. The van der Waals surface area contributed by atoms with Gasteiger partial charge < -0.3 is 10.1 Å². The fraction of sp³-hybridized carbons (Fsp3) is 0.267. The van der Waals surface area contributed by atoms with Gasteiger partial charge in [0.15, 0.2) is 11.6 Å². The number of pyridine rings is 1. The van der Waals surface area contributed by atoms with Gasteiger partial charge in [0.25, 0.3) is 0 Å². The molecule has 0 aliphatic heterocycles. The van der Waals surface area contributed by atoms with Gasteiger partial charge in [0.05, 0.1) is 0 Å². The summed E-state index contributed by atoms with van der Waals surface area (Å²) in [5.74, 6) is 0.215. The summed E-state index contributed by atoms with van der Waals surface area (Å²) in [6.07, 6.45) is 0. The summed E-state index contributed by atoms with van der Waals surface area (Å²) in [6, 6.07) is 10.1. The fourth-order valence-corrected chi connectivity index (χ4v) is 1.77. The average Bonchev–Trinajstić information content (AvgIpc) is 2.38. The van der Waals surface area contributed by atoms with Crippen molar-refractivity contribution < 1.29 is 9.13 Å². The summed E-state index contributed by atoms with van der Waals surface area (Å²) in [6.45, 7) is 5.58. The molecule has 0 unspecified atom stereocenters. The molecule has 0 bridgehead atoms. The molecule has 1 N–H and O–H groups in total. The van der Waals surface area contributed by atoms with Crippen molar-refractivity contribution in [2.75, 3.05) is 6.54 Å². The number of benzene rings is 1. The maximum Gasteiger partial charge on any atom is 0.219 e. The van der Waals surface area contributed by atoms with Crippen LogP contribution >= 0.6 is 0 Å². The SMILES string of the molecule is CCNCc1cc(C)nc(Oc2ccccc2F)c1. The Morgan fingerprint density at radius 1 is 1.26 bits per heavy atom. The smallest absolute Gasteiger partial charge is 0.219 e. The summed E-state index contributed by atoms with van der Waals surface area (Å²) in [5, 5.41) is 3.24. The lowest BCUT2D eigenvalue weighted by Gasteiger charge is -2.09. The van der Waals surface area contributed by atoms with Crippen molar-refractivity contribution in [3.8, 4) is 11.6 Å². The fourth-order valence-electron chi connectivity index (χ4n) is 1.77. The molecule has 0 fully saturated rings. The van der Waals surface area contributed by atoms with Gasteiger partial charge in [-0.1, -0.05) is 19.1 Å². The number of ether oxygens (including phenoxy) is 1. The number of aromatic nitrogens is 1. The minimum atomic E-state index is -0.390. The second kappa shape index (κ2) is 6.29. The van der Waals surface area contributed by atoms with Crippen LogP contribution < -0.4 is 10.1 Å². The van der Waals surface area contributed by atoms with E-state index in [0.717, 1.165) is 24.3 Å². The molecule has 0 aliphatic carbocycles. The Labute approximate surface area is 112 Å². The quantitative estimate of drug-likeness (QED) is 0.894. The van der Waals surface area contributed by atoms with Crippen LogP contribution in [0.1, 0.15) is 18.2 Å². The topological polar surface area (TPSA) is 34.2 Å². The van der Waals surface area contributed by atoms with E-state index in [1.54, 1.807) is 18.2 Å². The summed E-state index contributed by atoms with van der Waals surface area (Å²) in [5.41, 5.74) is 1.92. The van der Waals surface area contributed by atoms with Crippen molar-refractivity contribution in [1.82, 2.24) is 10.3 Å². The maximum absolute atomic E-state index is 13.5. The predicted octanol–water partition coefficient (Wildman–Crippen LogP) is 3.43. The molecule has 0 spiro atoms. The third-order valence-electron chi connectivity index (χ3n) is 2.62. The first-order valence-corrected chi connectivity index (χ1v) is 6.29. The second-order valence-electron chi connectivity index (χ2n) is 4.27. The number of rotatable bonds is 5. The Bertz CT molecular complexity index is 558. The van der Waals surface area contributed by atoms with Crippen molar-refractivity contribution in [3.63, 3.8) is 0 Å². The number of hydrogen-bond acceptors (Lipinski definition) is 3. The first-order chi connectivity index (χ1) is 9.19. The van der Waals surface area contributed by atoms with Crippen LogP contribution in [-0.2, 0) is 6.54 Å². The molecule has 1 aromatic heterocycles. The molecule has 0 saturated carbocycles. The first-order valence-electron chi connectivity index (χ1n) is 6.29. The Hall–Kier alpha value is -1.94. The van der Waals surface area contributed by atoms with Gasteiger partial charge in [-0.15, -0.1) is 0 Å². The lowest BCUT2D eigenvalue weighted by molar-refractivity contribution is 0.426. The highest BCUT2D eigenvalue weighted by molar-refractivity contribution is 5.31. The van der Waals surface area contributed by atoms with Gasteiger partial charge in [-0.25, -0.2) is 9.37 Å². The molecule has 0 aliphatic rings. The lowest BCUT2D eigenvalue weighted by atomic mass is 10.2. The molecule has 3 nitrogen and oxygen atoms in total. The van der Waals surface area contributed by atoms with E-state index in [1.165, 1.54) is 6.07 Å². The number of aryl methyl sites for hydroxylation is 1. The van der Waals surface area contributed by atoms with E-state index in [1.807, 2.05) is 26.0 Å². The van der Waals surface area contributed by atoms with Crippen LogP contribution in [0.25, 0.3) is 0 Å². The molecule has 2 aromatic rings. The number of nitrogens with one attached hydrogen (secondary N) is 1. The van der Waals surface area contributed by atoms with E-state index in [0.29, 0.717) is 5.88 Å². The van der Waals surface area contributed by atoms with Gasteiger partial charge in [-0.3, -0.25) is 0 Å². The van der Waals surface area contributed by atoms with E-state index in [-0.39, 0.29) is 11.6 Å². The van der Waals surface area contributed by atoms with E-state index in [9.17, 15) is 4.39 Å². The molecule has 100 valence electrons. The zero-order valence-corrected chi connectivity index (χ0v) is 11.1. The van der Waals surface area contributed by atoms with Crippen LogP contribution in [0.3, 0.4) is 0 Å². The molecule has 2 rings (SSSR count). The Balaban J connectivity index is 2.20. The van der Waals surface area contributed by atoms with Crippen molar-refractivity contribution >= 4 is 0 Å². The highest BCUT2D eigenvalue weighted by Gasteiger charge is 2.06. The number of nitrogens with zero attached hydrogens (tertiary/aromatic N) is 1. The molecular weight excluding hydrogens is 243 g/mol. The van der Waals surface area contributed by atoms with Gasteiger partial charge in [-0.05, 0) is 37.2 Å². The lowest BCUT2D eigenvalue weighted by Crippen LogP contribution is -2.12. The molecule has 1 heterocycles. The van der Waals surface area contributed by atoms with Gasteiger partial charge in [-0.2, -0.15) is 0 Å². The minimum absolute atomic E-state index is 0.190. The second-order valence-corrected chi connectivity index (χ2v) is 4.27. The third-order valence-corrected chi connectivity index (χ3v) is 2.62. The molecule has 0 radical (unpaired) electrons. The predicted molar refractivity (Wildman–Crippen MR) is 72.8 cm³/mol. The Kier molecular flexibility index (Phi) is 4.47. The van der Waals surface area contributed by atoms with Gasteiger partial charge in [0, 0.05) is 18.3 Å². The highest BCUT2D eigenvalue weighted by Crippen LogP contribution is 2.23. The maximum atomic E-state index is 13.5. The van der Waals surface area contributed by atoms with Crippen molar-refractivity contribution in [2.45, 2.75) is 20.4 Å². The van der Waals surface area contributed by atoms with E-state index in [2.05, 4.69) is 10.3 Å². The summed E-state index contributed by atoms with van der Waals surface area (Å²) >= 11 is 0. The monoisotopic (exact) mass is 260 g/mol.